The van der Waals surface area contributed by atoms with Crippen molar-refractivity contribution in [2.24, 2.45) is 5.92 Å². The van der Waals surface area contributed by atoms with Crippen LogP contribution in [-0.2, 0) is 9.59 Å². The van der Waals surface area contributed by atoms with E-state index in [-0.39, 0.29) is 12.2 Å². The molecule has 11 heavy (non-hydrogen) atoms. The molecule has 0 saturated heterocycles. The van der Waals surface area contributed by atoms with Crippen molar-refractivity contribution in [2.75, 3.05) is 0 Å². The van der Waals surface area contributed by atoms with E-state index in [1.165, 1.54) is 6.92 Å². The second-order valence-corrected chi connectivity index (χ2v) is 2.35. The third-order valence-corrected chi connectivity index (χ3v) is 1.45. The second kappa shape index (κ2) is 4.66. The van der Waals surface area contributed by atoms with E-state index in [1.807, 2.05) is 0 Å². The summed E-state index contributed by atoms with van der Waals surface area (Å²) >= 11 is 0. The molecule has 1 N–H and O–H groups in total. The number of allylic oxidation sites excluding steroid dienone is 1. The first-order chi connectivity index (χ1) is 5.09. The van der Waals surface area contributed by atoms with Crippen LogP contribution in [0, 0.1) is 5.92 Å². The lowest BCUT2D eigenvalue weighted by Gasteiger charge is -2.02. The molecule has 0 aliphatic heterocycles. The van der Waals surface area contributed by atoms with Crippen LogP contribution in [0.15, 0.2) is 12.7 Å². The highest BCUT2D eigenvalue weighted by atomic mass is 16.4. The van der Waals surface area contributed by atoms with E-state index in [2.05, 4.69) is 6.58 Å². The maximum Gasteiger partial charge on any atom is 0.313 e. The number of aliphatic carboxylic acids is 1. The Morgan fingerprint density at radius 3 is 2.55 bits per heavy atom. The molecule has 0 bridgehead atoms. The summed E-state index contributed by atoms with van der Waals surface area (Å²) < 4.78 is 0. The van der Waals surface area contributed by atoms with Gasteiger partial charge in [-0.25, -0.2) is 0 Å². The van der Waals surface area contributed by atoms with Gasteiger partial charge in [-0.15, -0.1) is 6.58 Å². The van der Waals surface area contributed by atoms with Gasteiger partial charge in [0, 0.05) is 6.42 Å². The maximum absolute atomic E-state index is 10.9. The Morgan fingerprint density at radius 1 is 1.64 bits per heavy atom. The standard InChI is InChI=1S/C8H12O3/c1-3-4-5-7(9)6(2)8(10)11/h3,6H,1,4-5H2,2H3,(H,10,11). The molecule has 0 spiro atoms. The Balaban J connectivity index is 3.82. The molecule has 0 fully saturated rings. The van der Waals surface area contributed by atoms with Crippen molar-refractivity contribution in [3.8, 4) is 0 Å². The van der Waals surface area contributed by atoms with Crippen LogP contribution in [0.3, 0.4) is 0 Å². The van der Waals surface area contributed by atoms with E-state index in [1.54, 1.807) is 6.08 Å². The third-order valence-electron chi connectivity index (χ3n) is 1.45. The van der Waals surface area contributed by atoms with Crippen LogP contribution >= 0.6 is 0 Å². The zero-order valence-corrected chi connectivity index (χ0v) is 6.54. The minimum Gasteiger partial charge on any atom is -0.481 e. The fraction of sp³-hybridized carbons (Fsp3) is 0.500. The van der Waals surface area contributed by atoms with E-state index in [9.17, 15) is 9.59 Å². The van der Waals surface area contributed by atoms with Crippen LogP contribution in [0.2, 0.25) is 0 Å². The number of Topliss-reactive ketones (excluding diaryl/α,β-unsaturated/α-hetero) is 1. The molecule has 0 amide bonds. The molecule has 0 aromatic heterocycles. The third kappa shape index (κ3) is 3.55. The van der Waals surface area contributed by atoms with Crippen molar-refractivity contribution in [3.63, 3.8) is 0 Å². The Kier molecular flexibility index (Phi) is 4.18. The Labute approximate surface area is 65.7 Å². The second-order valence-electron chi connectivity index (χ2n) is 2.35. The molecule has 0 heterocycles. The van der Waals surface area contributed by atoms with E-state index in [4.69, 9.17) is 5.11 Å². The van der Waals surface area contributed by atoms with Crippen LogP contribution < -0.4 is 0 Å². The summed E-state index contributed by atoms with van der Waals surface area (Å²) in [5.41, 5.74) is 0. The maximum atomic E-state index is 10.9. The number of hydrogen-bond donors (Lipinski definition) is 1. The van der Waals surface area contributed by atoms with Crippen molar-refractivity contribution < 1.29 is 14.7 Å². The molecule has 0 rings (SSSR count). The summed E-state index contributed by atoms with van der Waals surface area (Å²) in [4.78, 5) is 21.2. The van der Waals surface area contributed by atoms with Crippen LogP contribution in [0.4, 0.5) is 0 Å². The molecule has 3 nitrogen and oxygen atoms in total. The zero-order valence-electron chi connectivity index (χ0n) is 6.54. The Hall–Kier alpha value is -1.12. The highest BCUT2D eigenvalue weighted by molar-refractivity contribution is 5.97. The number of carbonyl (C=O) groups is 2. The zero-order chi connectivity index (χ0) is 8.85. The topological polar surface area (TPSA) is 54.4 Å². The van der Waals surface area contributed by atoms with Gasteiger partial charge in [-0.1, -0.05) is 6.08 Å². The van der Waals surface area contributed by atoms with Crippen LogP contribution in [0.1, 0.15) is 19.8 Å². The SMILES string of the molecule is C=CCCC(=O)C(C)C(=O)O. The highest BCUT2D eigenvalue weighted by Gasteiger charge is 2.18. The number of carbonyl (C=O) groups excluding carboxylic acids is 1. The fourth-order valence-corrected chi connectivity index (χ4v) is 0.599. The molecule has 1 unspecified atom stereocenters. The number of hydrogen-bond acceptors (Lipinski definition) is 2. The number of ketones is 1. The first kappa shape index (κ1) is 9.88. The molecular formula is C8H12O3. The molecule has 0 aromatic carbocycles. The predicted octanol–water partition coefficient (Wildman–Crippen LogP) is 1.24. The minimum absolute atomic E-state index is 0.239. The number of rotatable bonds is 5. The van der Waals surface area contributed by atoms with E-state index in [0.717, 1.165) is 0 Å². The fourth-order valence-electron chi connectivity index (χ4n) is 0.599. The van der Waals surface area contributed by atoms with Gasteiger partial charge < -0.3 is 5.11 Å². The van der Waals surface area contributed by atoms with E-state index < -0.39 is 11.9 Å². The molecule has 0 aromatic rings. The summed E-state index contributed by atoms with van der Waals surface area (Å²) in [6.07, 6.45) is 2.43. The summed E-state index contributed by atoms with van der Waals surface area (Å²) in [6, 6.07) is 0. The van der Waals surface area contributed by atoms with Gasteiger partial charge in [0.2, 0.25) is 0 Å². The predicted molar refractivity (Wildman–Crippen MR) is 41.2 cm³/mol. The van der Waals surface area contributed by atoms with Crippen molar-refractivity contribution in [3.05, 3.63) is 12.7 Å². The van der Waals surface area contributed by atoms with E-state index >= 15 is 0 Å². The van der Waals surface area contributed by atoms with Gasteiger partial charge in [0.1, 0.15) is 11.7 Å². The molecule has 0 aliphatic carbocycles. The van der Waals surface area contributed by atoms with Gasteiger partial charge in [-0.05, 0) is 13.3 Å². The molecule has 0 aliphatic rings. The smallest absolute Gasteiger partial charge is 0.313 e. The van der Waals surface area contributed by atoms with Gasteiger partial charge in [0.25, 0.3) is 0 Å². The first-order valence-electron chi connectivity index (χ1n) is 3.46. The number of carboxylic acid groups (broad SMARTS) is 1. The first-order valence-corrected chi connectivity index (χ1v) is 3.46. The normalized spacial score (nSPS) is 12.1. The van der Waals surface area contributed by atoms with Crippen molar-refractivity contribution >= 4 is 11.8 Å². The molecule has 3 heteroatoms. The minimum atomic E-state index is -1.06. The molecular weight excluding hydrogens is 144 g/mol. The van der Waals surface area contributed by atoms with Crippen LogP contribution in [-0.4, -0.2) is 16.9 Å². The lowest BCUT2D eigenvalue weighted by atomic mass is 10.0. The number of carboxylic acids is 1. The van der Waals surface area contributed by atoms with Crippen molar-refractivity contribution in [1.82, 2.24) is 0 Å². The average Bonchev–Trinajstić information content (AvgIpc) is 1.98. The average molecular weight is 156 g/mol. The van der Waals surface area contributed by atoms with Crippen LogP contribution in [0.5, 0.6) is 0 Å². The highest BCUT2D eigenvalue weighted by Crippen LogP contribution is 2.03. The van der Waals surface area contributed by atoms with Crippen LogP contribution in [0.25, 0.3) is 0 Å². The lowest BCUT2D eigenvalue weighted by molar-refractivity contribution is -0.145. The molecule has 0 radical (unpaired) electrons. The lowest BCUT2D eigenvalue weighted by Crippen LogP contribution is -2.19. The van der Waals surface area contributed by atoms with Gasteiger partial charge in [-0.2, -0.15) is 0 Å². The summed E-state index contributed by atoms with van der Waals surface area (Å²) in [5.74, 6) is -2.17. The van der Waals surface area contributed by atoms with Gasteiger partial charge >= 0.3 is 5.97 Å². The summed E-state index contributed by atoms with van der Waals surface area (Å²) in [5, 5.41) is 8.41. The van der Waals surface area contributed by atoms with Gasteiger partial charge in [0.05, 0.1) is 0 Å². The molecule has 1 atom stereocenters. The van der Waals surface area contributed by atoms with Crippen molar-refractivity contribution in [1.29, 1.82) is 0 Å². The Bertz CT molecular complexity index is 172. The summed E-state index contributed by atoms with van der Waals surface area (Å²) in [7, 11) is 0. The Morgan fingerprint density at radius 2 is 2.18 bits per heavy atom. The quantitative estimate of drug-likeness (QED) is 0.481. The van der Waals surface area contributed by atoms with Gasteiger partial charge in [-0.3, -0.25) is 9.59 Å². The van der Waals surface area contributed by atoms with Gasteiger partial charge in [0.15, 0.2) is 0 Å². The molecule has 62 valence electrons. The summed E-state index contributed by atoms with van der Waals surface area (Å²) in [6.45, 7) is 4.83. The monoisotopic (exact) mass is 156 g/mol. The van der Waals surface area contributed by atoms with Crippen molar-refractivity contribution in [2.45, 2.75) is 19.8 Å². The molecule has 0 saturated carbocycles. The largest absolute Gasteiger partial charge is 0.481 e. The van der Waals surface area contributed by atoms with E-state index in [0.29, 0.717) is 6.42 Å².